The van der Waals surface area contributed by atoms with Crippen molar-refractivity contribution in [3.63, 3.8) is 0 Å². The third-order valence-corrected chi connectivity index (χ3v) is 3.83. The normalized spacial score (nSPS) is 10.7. The van der Waals surface area contributed by atoms with Gasteiger partial charge in [0.2, 0.25) is 5.88 Å². The number of halogens is 2. The first-order valence-electron chi connectivity index (χ1n) is 6.02. The Labute approximate surface area is 135 Å². The van der Waals surface area contributed by atoms with Gasteiger partial charge in [0.1, 0.15) is 6.61 Å². The van der Waals surface area contributed by atoms with Gasteiger partial charge in [0.25, 0.3) is 0 Å². The largest absolute Gasteiger partial charge is 0.471 e. The molecule has 0 atom stereocenters. The highest BCUT2D eigenvalue weighted by atomic mass is 127. The molecule has 0 bridgehead atoms. The van der Waals surface area contributed by atoms with Crippen LogP contribution in [0, 0.1) is 3.57 Å². The summed E-state index contributed by atoms with van der Waals surface area (Å²) in [5, 5.41) is 10.1. The van der Waals surface area contributed by atoms with Crippen LogP contribution in [0.15, 0.2) is 48.5 Å². The first-order valence-corrected chi connectivity index (χ1v) is 7.48. The van der Waals surface area contributed by atoms with Crippen LogP contribution in [-0.2, 0) is 6.61 Å². The van der Waals surface area contributed by atoms with Crippen molar-refractivity contribution in [3.8, 4) is 5.88 Å². The van der Waals surface area contributed by atoms with Gasteiger partial charge in [-0.15, -0.1) is 10.2 Å². The second-order valence-corrected chi connectivity index (χ2v) is 5.86. The lowest BCUT2D eigenvalue weighted by Crippen LogP contribution is -1.99. The first kappa shape index (κ1) is 13.6. The van der Waals surface area contributed by atoms with Gasteiger partial charge < -0.3 is 4.74 Å². The van der Waals surface area contributed by atoms with Gasteiger partial charge in [-0.3, -0.25) is 0 Å². The van der Waals surface area contributed by atoms with Crippen LogP contribution >= 0.6 is 34.2 Å². The average molecular weight is 397 g/mol. The average Bonchev–Trinajstić information content (AvgIpc) is 2.47. The fraction of sp³-hybridized carbons (Fsp3) is 0.0667. The number of aromatic nitrogens is 2. The van der Waals surface area contributed by atoms with Crippen LogP contribution in [0.5, 0.6) is 5.88 Å². The maximum absolute atomic E-state index is 6.07. The monoisotopic (exact) mass is 396 g/mol. The molecule has 0 saturated heterocycles. The van der Waals surface area contributed by atoms with E-state index < -0.39 is 0 Å². The Bertz CT molecular complexity index is 749. The van der Waals surface area contributed by atoms with Gasteiger partial charge in [-0.2, -0.15) is 0 Å². The minimum Gasteiger partial charge on any atom is -0.471 e. The summed E-state index contributed by atoms with van der Waals surface area (Å²) in [6.07, 6.45) is 0. The molecule has 0 aliphatic heterocycles. The fourth-order valence-corrected chi connectivity index (χ4v) is 2.60. The lowest BCUT2D eigenvalue weighted by Gasteiger charge is -2.08. The van der Waals surface area contributed by atoms with E-state index in [-0.39, 0.29) is 0 Å². The summed E-state index contributed by atoms with van der Waals surface area (Å²) in [5.74, 6) is 0.506. The molecule has 0 aliphatic rings. The topological polar surface area (TPSA) is 35.0 Å². The first-order chi connectivity index (χ1) is 9.74. The van der Waals surface area contributed by atoms with E-state index in [2.05, 4.69) is 32.8 Å². The van der Waals surface area contributed by atoms with E-state index in [0.29, 0.717) is 17.6 Å². The Kier molecular flexibility index (Phi) is 4.03. The van der Waals surface area contributed by atoms with Crippen LogP contribution in [0.1, 0.15) is 5.56 Å². The molecule has 3 aromatic rings. The number of hydrogen-bond donors (Lipinski definition) is 0. The third kappa shape index (κ3) is 2.86. The fourth-order valence-electron chi connectivity index (χ4n) is 1.90. The zero-order valence-corrected chi connectivity index (χ0v) is 13.3. The number of benzene rings is 2. The summed E-state index contributed by atoms with van der Waals surface area (Å²) in [7, 11) is 0. The molecule has 0 saturated carbocycles. The van der Waals surface area contributed by atoms with Crippen LogP contribution in [0.4, 0.5) is 0 Å². The molecule has 0 aliphatic carbocycles. The van der Waals surface area contributed by atoms with Gasteiger partial charge in [-0.25, -0.2) is 0 Å². The maximum Gasteiger partial charge on any atom is 0.241 e. The number of ether oxygens (including phenoxy) is 1. The molecule has 0 N–H and O–H groups in total. The van der Waals surface area contributed by atoms with E-state index in [1.165, 1.54) is 0 Å². The maximum atomic E-state index is 6.07. The van der Waals surface area contributed by atoms with Crippen molar-refractivity contribution < 1.29 is 4.74 Å². The zero-order chi connectivity index (χ0) is 13.9. The molecule has 0 amide bonds. The minimum atomic E-state index is 0.392. The van der Waals surface area contributed by atoms with Crippen LogP contribution in [0.3, 0.4) is 0 Å². The summed E-state index contributed by atoms with van der Waals surface area (Å²) in [6.45, 7) is 0.456. The second-order valence-electron chi connectivity index (χ2n) is 4.26. The Morgan fingerprint density at radius 1 is 1.00 bits per heavy atom. The van der Waals surface area contributed by atoms with E-state index >= 15 is 0 Å². The number of rotatable bonds is 3. The predicted octanol–water partition coefficient (Wildman–Crippen LogP) is 4.47. The molecule has 0 fully saturated rings. The van der Waals surface area contributed by atoms with Gasteiger partial charge >= 0.3 is 0 Å². The van der Waals surface area contributed by atoms with Crippen molar-refractivity contribution in [1.29, 1.82) is 0 Å². The van der Waals surface area contributed by atoms with Crippen molar-refractivity contribution in [2.24, 2.45) is 0 Å². The molecule has 0 unspecified atom stereocenters. The highest BCUT2D eigenvalue weighted by Gasteiger charge is 2.09. The third-order valence-electron chi connectivity index (χ3n) is 2.88. The van der Waals surface area contributed by atoms with Gasteiger partial charge in [0.05, 0.1) is 0 Å². The standard InChI is InChI=1S/C15H10ClIN2O/c16-14-12-7-6-11(17)8-13(12)15(19-18-14)20-9-10-4-2-1-3-5-10/h1-8H,9H2. The summed E-state index contributed by atoms with van der Waals surface area (Å²) < 4.78 is 6.88. The highest BCUT2D eigenvalue weighted by molar-refractivity contribution is 14.1. The number of fused-ring (bicyclic) bond motifs is 1. The van der Waals surface area contributed by atoms with Gasteiger partial charge in [-0.05, 0) is 46.4 Å². The molecular formula is C15H10ClIN2O. The van der Waals surface area contributed by atoms with Crippen molar-refractivity contribution in [2.45, 2.75) is 6.61 Å². The lowest BCUT2D eigenvalue weighted by molar-refractivity contribution is 0.294. The Morgan fingerprint density at radius 2 is 1.80 bits per heavy atom. The molecule has 1 heterocycles. The molecule has 3 rings (SSSR count). The molecule has 1 aromatic heterocycles. The minimum absolute atomic E-state index is 0.392. The molecule has 20 heavy (non-hydrogen) atoms. The van der Waals surface area contributed by atoms with Crippen molar-refractivity contribution in [3.05, 3.63) is 62.8 Å². The molecule has 3 nitrogen and oxygen atoms in total. The second kappa shape index (κ2) is 5.93. The molecular weight excluding hydrogens is 387 g/mol. The van der Waals surface area contributed by atoms with E-state index in [9.17, 15) is 0 Å². The van der Waals surface area contributed by atoms with Crippen molar-refractivity contribution in [2.75, 3.05) is 0 Å². The highest BCUT2D eigenvalue weighted by Crippen LogP contribution is 2.29. The predicted molar refractivity (Wildman–Crippen MR) is 88.0 cm³/mol. The summed E-state index contributed by atoms with van der Waals surface area (Å²) in [4.78, 5) is 0. The molecule has 0 radical (unpaired) electrons. The van der Waals surface area contributed by atoms with E-state index in [1.54, 1.807) is 0 Å². The van der Waals surface area contributed by atoms with Gasteiger partial charge in [0, 0.05) is 14.3 Å². The number of hydrogen-bond acceptors (Lipinski definition) is 3. The van der Waals surface area contributed by atoms with E-state index in [0.717, 1.165) is 19.9 Å². The van der Waals surface area contributed by atoms with Crippen molar-refractivity contribution in [1.82, 2.24) is 10.2 Å². The van der Waals surface area contributed by atoms with Crippen LogP contribution < -0.4 is 4.74 Å². The van der Waals surface area contributed by atoms with Gasteiger partial charge in [-0.1, -0.05) is 41.9 Å². The van der Waals surface area contributed by atoms with E-state index in [1.807, 2.05) is 48.5 Å². The van der Waals surface area contributed by atoms with E-state index in [4.69, 9.17) is 16.3 Å². The van der Waals surface area contributed by atoms with Crippen molar-refractivity contribution >= 4 is 45.0 Å². The summed E-state index contributed by atoms with van der Waals surface area (Å²) >= 11 is 8.32. The summed E-state index contributed by atoms with van der Waals surface area (Å²) in [6, 6.07) is 15.9. The molecule has 5 heteroatoms. The lowest BCUT2D eigenvalue weighted by atomic mass is 10.2. The zero-order valence-electron chi connectivity index (χ0n) is 10.4. The Morgan fingerprint density at radius 3 is 2.60 bits per heavy atom. The molecule has 0 spiro atoms. The summed E-state index contributed by atoms with van der Waals surface area (Å²) in [5.41, 5.74) is 1.09. The Balaban J connectivity index is 1.95. The molecule has 100 valence electrons. The SMILES string of the molecule is Clc1nnc(OCc2ccccc2)c2cc(I)ccc12. The number of nitrogens with zero attached hydrogens (tertiary/aromatic N) is 2. The van der Waals surface area contributed by atoms with Crippen LogP contribution in [0.2, 0.25) is 5.15 Å². The molecule has 2 aromatic carbocycles. The Hall–Kier alpha value is -1.40. The smallest absolute Gasteiger partial charge is 0.241 e. The van der Waals surface area contributed by atoms with Crippen LogP contribution in [-0.4, -0.2) is 10.2 Å². The van der Waals surface area contributed by atoms with Crippen LogP contribution in [0.25, 0.3) is 10.8 Å². The van der Waals surface area contributed by atoms with Gasteiger partial charge in [0.15, 0.2) is 5.15 Å². The quantitative estimate of drug-likeness (QED) is 0.613.